The van der Waals surface area contributed by atoms with Gasteiger partial charge in [-0.05, 0) is 5.92 Å². The molecule has 0 bridgehead atoms. The van der Waals surface area contributed by atoms with Crippen molar-refractivity contribution in [2.75, 3.05) is 14.2 Å². The van der Waals surface area contributed by atoms with Gasteiger partial charge in [0.15, 0.2) is 0 Å². The molecule has 0 radical (unpaired) electrons. The number of likely N-dealkylation sites (N-methyl/N-ethyl adjacent to an activating group) is 1. The van der Waals surface area contributed by atoms with Gasteiger partial charge in [-0.15, -0.1) is 0 Å². The molecule has 4 nitrogen and oxygen atoms in total. The zero-order chi connectivity index (χ0) is 9.72. The van der Waals surface area contributed by atoms with E-state index in [2.05, 4.69) is 4.74 Å². The van der Waals surface area contributed by atoms with Gasteiger partial charge in [0.25, 0.3) is 0 Å². The second kappa shape index (κ2) is 4.74. The van der Waals surface area contributed by atoms with Crippen LogP contribution >= 0.6 is 0 Å². The minimum Gasteiger partial charge on any atom is -0.453 e. The highest BCUT2D eigenvalue weighted by atomic mass is 16.5. The van der Waals surface area contributed by atoms with Gasteiger partial charge in [0.05, 0.1) is 13.2 Å². The number of amides is 1. The molecule has 0 N–H and O–H groups in total. The largest absolute Gasteiger partial charge is 0.453 e. The Bertz CT molecular complexity index is 168. The van der Waals surface area contributed by atoms with E-state index in [1.165, 1.54) is 12.0 Å². The minimum atomic E-state index is -0.485. The van der Waals surface area contributed by atoms with Gasteiger partial charge in [-0.25, -0.2) is 4.79 Å². The van der Waals surface area contributed by atoms with E-state index >= 15 is 0 Å². The van der Waals surface area contributed by atoms with Gasteiger partial charge >= 0.3 is 6.09 Å². The predicted molar refractivity (Wildman–Crippen MR) is 44.9 cm³/mol. The molecule has 0 spiro atoms. The van der Waals surface area contributed by atoms with Gasteiger partial charge in [-0.3, -0.25) is 0 Å². The van der Waals surface area contributed by atoms with Crippen molar-refractivity contribution in [3.05, 3.63) is 0 Å². The molecule has 0 unspecified atom stereocenters. The lowest BCUT2D eigenvalue weighted by molar-refractivity contribution is -0.112. The zero-order valence-corrected chi connectivity index (χ0v) is 7.90. The van der Waals surface area contributed by atoms with E-state index in [0.717, 1.165) is 6.29 Å². The molecule has 12 heavy (non-hydrogen) atoms. The van der Waals surface area contributed by atoms with Crippen LogP contribution in [0.3, 0.4) is 0 Å². The van der Waals surface area contributed by atoms with Crippen molar-refractivity contribution in [1.29, 1.82) is 0 Å². The van der Waals surface area contributed by atoms with E-state index in [0.29, 0.717) is 0 Å². The number of aldehydes is 1. The quantitative estimate of drug-likeness (QED) is 0.596. The molecule has 0 saturated carbocycles. The Kier molecular flexibility index (Phi) is 4.33. The molecule has 0 rings (SSSR count). The molecule has 0 aliphatic rings. The average Bonchev–Trinajstić information content (AvgIpc) is 2.03. The first kappa shape index (κ1) is 10.9. The highest BCUT2D eigenvalue weighted by Gasteiger charge is 2.22. The Morgan fingerprint density at radius 3 is 2.25 bits per heavy atom. The summed E-state index contributed by atoms with van der Waals surface area (Å²) in [5, 5.41) is 0. The van der Waals surface area contributed by atoms with E-state index in [1.807, 2.05) is 13.8 Å². The summed E-state index contributed by atoms with van der Waals surface area (Å²) < 4.78 is 4.47. The lowest BCUT2D eigenvalue weighted by atomic mass is 10.1. The summed E-state index contributed by atoms with van der Waals surface area (Å²) in [5.74, 6) is 0.103. The van der Waals surface area contributed by atoms with Crippen molar-refractivity contribution >= 4 is 12.4 Å². The Labute approximate surface area is 72.5 Å². The number of ether oxygens (including phenoxy) is 1. The first-order valence-corrected chi connectivity index (χ1v) is 3.80. The molecule has 0 aromatic carbocycles. The number of carbonyl (C=O) groups excluding carboxylic acids is 2. The van der Waals surface area contributed by atoms with Gasteiger partial charge in [0.2, 0.25) is 0 Å². The maximum atomic E-state index is 11.0. The lowest BCUT2D eigenvalue weighted by Crippen LogP contribution is -2.41. The van der Waals surface area contributed by atoms with Crippen LogP contribution in [0.1, 0.15) is 13.8 Å². The van der Waals surface area contributed by atoms with Crippen LogP contribution in [0.4, 0.5) is 4.79 Å². The van der Waals surface area contributed by atoms with Crippen LogP contribution in [-0.4, -0.2) is 37.5 Å². The number of rotatable bonds is 3. The number of hydrogen-bond donors (Lipinski definition) is 0. The van der Waals surface area contributed by atoms with Crippen molar-refractivity contribution in [3.8, 4) is 0 Å². The van der Waals surface area contributed by atoms with E-state index in [9.17, 15) is 9.59 Å². The maximum absolute atomic E-state index is 11.0. The predicted octanol–water partition coefficient (Wildman–Crippen LogP) is 0.908. The zero-order valence-electron chi connectivity index (χ0n) is 7.90. The molecule has 1 amide bonds. The van der Waals surface area contributed by atoms with Gasteiger partial charge in [0, 0.05) is 7.05 Å². The van der Waals surface area contributed by atoms with Gasteiger partial charge in [0.1, 0.15) is 6.29 Å². The van der Waals surface area contributed by atoms with Gasteiger partial charge in [-0.2, -0.15) is 0 Å². The molecule has 4 heteroatoms. The molecule has 0 saturated heterocycles. The summed E-state index contributed by atoms with van der Waals surface area (Å²) in [4.78, 5) is 22.8. The van der Waals surface area contributed by atoms with Gasteiger partial charge < -0.3 is 14.4 Å². The second-order valence-corrected chi connectivity index (χ2v) is 2.95. The smallest absolute Gasteiger partial charge is 0.409 e. The van der Waals surface area contributed by atoms with E-state index < -0.39 is 12.1 Å². The third-order valence-corrected chi connectivity index (χ3v) is 1.73. The fourth-order valence-electron chi connectivity index (χ4n) is 0.961. The Morgan fingerprint density at radius 1 is 1.50 bits per heavy atom. The Hall–Kier alpha value is -1.06. The highest BCUT2D eigenvalue weighted by Crippen LogP contribution is 2.07. The van der Waals surface area contributed by atoms with Crippen LogP contribution in [0.5, 0.6) is 0 Å². The van der Waals surface area contributed by atoms with Crippen LogP contribution in [-0.2, 0) is 9.53 Å². The molecule has 0 fully saturated rings. The van der Waals surface area contributed by atoms with Crippen molar-refractivity contribution in [1.82, 2.24) is 4.90 Å². The SMILES string of the molecule is COC(=O)N(C)[C@H](C=O)C(C)C. The molecule has 1 atom stereocenters. The first-order chi connectivity index (χ1) is 5.54. The fourth-order valence-corrected chi connectivity index (χ4v) is 0.961. The third kappa shape index (κ3) is 2.53. The standard InChI is InChI=1S/C8H15NO3/c1-6(2)7(5-10)9(3)8(11)12-4/h5-7H,1-4H3/t7-/m1/s1. The van der Waals surface area contributed by atoms with E-state index in [1.54, 1.807) is 7.05 Å². The van der Waals surface area contributed by atoms with Crippen molar-refractivity contribution < 1.29 is 14.3 Å². The van der Waals surface area contributed by atoms with E-state index in [-0.39, 0.29) is 5.92 Å². The van der Waals surface area contributed by atoms with E-state index in [4.69, 9.17) is 0 Å². The topological polar surface area (TPSA) is 46.6 Å². The molecular weight excluding hydrogens is 158 g/mol. The molecule has 0 aliphatic heterocycles. The van der Waals surface area contributed by atoms with Crippen LogP contribution in [0.25, 0.3) is 0 Å². The monoisotopic (exact) mass is 173 g/mol. The summed E-state index contributed by atoms with van der Waals surface area (Å²) in [6, 6.07) is -0.405. The average molecular weight is 173 g/mol. The van der Waals surface area contributed by atoms with Crippen molar-refractivity contribution in [2.45, 2.75) is 19.9 Å². The van der Waals surface area contributed by atoms with Crippen molar-refractivity contribution in [3.63, 3.8) is 0 Å². The summed E-state index contributed by atoms with van der Waals surface area (Å²) in [7, 11) is 2.84. The summed E-state index contributed by atoms with van der Waals surface area (Å²) in [6.07, 6.45) is 0.266. The summed E-state index contributed by atoms with van der Waals surface area (Å²) in [5.41, 5.74) is 0. The molecule has 0 aliphatic carbocycles. The second-order valence-electron chi connectivity index (χ2n) is 2.95. The number of carbonyl (C=O) groups is 2. The van der Waals surface area contributed by atoms with Crippen molar-refractivity contribution in [2.24, 2.45) is 5.92 Å². The van der Waals surface area contributed by atoms with Crippen LogP contribution in [0.2, 0.25) is 0 Å². The summed E-state index contributed by atoms with van der Waals surface area (Å²) in [6.45, 7) is 3.75. The first-order valence-electron chi connectivity index (χ1n) is 3.80. The molecule has 70 valence electrons. The number of hydrogen-bond acceptors (Lipinski definition) is 3. The normalized spacial score (nSPS) is 12.4. The van der Waals surface area contributed by atoms with Gasteiger partial charge in [-0.1, -0.05) is 13.8 Å². The maximum Gasteiger partial charge on any atom is 0.409 e. The lowest BCUT2D eigenvalue weighted by Gasteiger charge is -2.24. The molecule has 0 aromatic rings. The Balaban J connectivity index is 4.30. The fraction of sp³-hybridized carbons (Fsp3) is 0.750. The molecular formula is C8H15NO3. The highest BCUT2D eigenvalue weighted by molar-refractivity contribution is 5.73. The number of methoxy groups -OCH3 is 1. The summed E-state index contributed by atoms with van der Waals surface area (Å²) >= 11 is 0. The third-order valence-electron chi connectivity index (χ3n) is 1.73. The number of nitrogens with zero attached hydrogens (tertiary/aromatic N) is 1. The minimum absolute atomic E-state index is 0.103. The van der Waals surface area contributed by atoms with Crippen LogP contribution in [0.15, 0.2) is 0 Å². The molecule has 0 heterocycles. The Morgan fingerprint density at radius 2 is 2.00 bits per heavy atom. The van der Waals surface area contributed by atoms with Crippen LogP contribution < -0.4 is 0 Å². The van der Waals surface area contributed by atoms with Crippen LogP contribution in [0, 0.1) is 5.92 Å². The molecule has 0 aromatic heterocycles.